The van der Waals surface area contributed by atoms with Crippen LogP contribution in [-0.4, -0.2) is 18.3 Å². The Labute approximate surface area is 614 Å². The lowest BCUT2D eigenvalue weighted by molar-refractivity contribution is 1.18. The Bertz CT molecular complexity index is 6670. The molecule has 0 unspecified atom stereocenters. The molecule has 496 valence electrons. The molecule has 0 N–H and O–H groups in total. The molecule has 4 aromatic heterocycles. The molecular weight excluding hydrogens is 1280 g/mol. The van der Waals surface area contributed by atoms with Crippen LogP contribution in [0.3, 0.4) is 0 Å². The van der Waals surface area contributed by atoms with Crippen LogP contribution in [0, 0.1) is 0 Å². The zero-order valence-corrected chi connectivity index (χ0v) is 58.0. The molecular formula is C102H68N4. The molecule has 17 aromatic carbocycles. The van der Waals surface area contributed by atoms with Gasteiger partial charge in [0.1, 0.15) is 0 Å². The molecule has 21 aromatic rings. The van der Waals surface area contributed by atoms with Crippen molar-refractivity contribution in [2.45, 2.75) is 0 Å². The summed E-state index contributed by atoms with van der Waals surface area (Å²) in [4.78, 5) is 0. The predicted molar refractivity (Wildman–Crippen MR) is 448 cm³/mol. The van der Waals surface area contributed by atoms with E-state index in [2.05, 4.69) is 431 Å². The summed E-state index contributed by atoms with van der Waals surface area (Å²) in [5, 5.41) is 10.0. The summed E-state index contributed by atoms with van der Waals surface area (Å²) in [6.45, 7) is 0. The van der Waals surface area contributed by atoms with E-state index in [1.165, 1.54) is 171 Å². The smallest absolute Gasteiger partial charge is 0.0541 e. The third-order valence-electron chi connectivity index (χ3n) is 21.4. The Balaban J connectivity index is 0.000000141. The lowest BCUT2D eigenvalue weighted by atomic mass is 9.96. The first kappa shape index (κ1) is 61.8. The van der Waals surface area contributed by atoms with Gasteiger partial charge in [0.15, 0.2) is 0 Å². The summed E-state index contributed by atoms with van der Waals surface area (Å²) in [5.41, 5.74) is 31.2. The summed E-state index contributed by atoms with van der Waals surface area (Å²) < 4.78 is 9.60. The monoisotopic (exact) mass is 1350 g/mol. The summed E-state index contributed by atoms with van der Waals surface area (Å²) in [7, 11) is 0. The lowest BCUT2D eigenvalue weighted by Gasteiger charge is -2.14. The second-order valence-corrected chi connectivity index (χ2v) is 27.6. The molecule has 0 saturated carbocycles. The normalized spacial score (nSPS) is 11.6. The van der Waals surface area contributed by atoms with Crippen molar-refractivity contribution in [3.63, 3.8) is 0 Å². The molecule has 0 saturated heterocycles. The molecule has 21 rings (SSSR count). The van der Waals surface area contributed by atoms with Gasteiger partial charge in [-0.05, 0) is 205 Å². The van der Waals surface area contributed by atoms with Gasteiger partial charge < -0.3 is 18.3 Å². The maximum absolute atomic E-state index is 2.44. The molecule has 0 amide bonds. The highest BCUT2D eigenvalue weighted by molar-refractivity contribution is 6.15. The van der Waals surface area contributed by atoms with E-state index in [1.807, 2.05) is 0 Å². The SMILES string of the molecule is c1ccc(-c2ccc(-c3cc(-c4ccccc4)cc(-n4c5ccccc5c5cc(-c6ccc7c(c6)c6ccccc6n7-c6ccccc6)ccc54)c3)cc2)cc1.c1ccc(-c2ccc(-n3c4ccccc4c4cc(-c5ccc6c(c5)c5ccccc5n6-c5ccc(-c6ccccc6)cc5)ccc43)cc2)cc1. The number of aromatic nitrogens is 4. The van der Waals surface area contributed by atoms with Gasteiger partial charge in [0.25, 0.3) is 0 Å². The fraction of sp³-hybridized carbons (Fsp3) is 0. The molecule has 0 aliphatic heterocycles. The average Bonchev–Trinajstić information content (AvgIpc) is 1.55. The van der Waals surface area contributed by atoms with Gasteiger partial charge >= 0.3 is 0 Å². The van der Waals surface area contributed by atoms with Crippen molar-refractivity contribution >= 4 is 87.2 Å². The van der Waals surface area contributed by atoms with Gasteiger partial charge in [-0.2, -0.15) is 0 Å². The van der Waals surface area contributed by atoms with Crippen LogP contribution in [-0.2, 0) is 0 Å². The van der Waals surface area contributed by atoms with E-state index >= 15 is 0 Å². The van der Waals surface area contributed by atoms with Crippen molar-refractivity contribution in [1.82, 2.24) is 18.3 Å². The molecule has 0 atom stereocenters. The van der Waals surface area contributed by atoms with Crippen LogP contribution in [0.2, 0.25) is 0 Å². The second-order valence-electron chi connectivity index (χ2n) is 27.6. The molecule has 0 radical (unpaired) electrons. The molecule has 0 aliphatic rings. The van der Waals surface area contributed by atoms with E-state index in [-0.39, 0.29) is 0 Å². The Hall–Kier alpha value is -14.1. The minimum absolute atomic E-state index is 1.14. The first-order chi connectivity index (χ1) is 52.6. The molecule has 0 aliphatic carbocycles. The zero-order valence-electron chi connectivity index (χ0n) is 58.0. The van der Waals surface area contributed by atoms with E-state index in [0.717, 1.165) is 17.1 Å². The van der Waals surface area contributed by atoms with Crippen LogP contribution < -0.4 is 0 Å². The topological polar surface area (TPSA) is 19.7 Å². The average molecular weight is 1350 g/mol. The fourth-order valence-corrected chi connectivity index (χ4v) is 16.4. The standard InChI is InChI=1S/C54H36N2.C48H32N2/c1-4-14-37(15-5-1)39-24-26-40(27-25-39)44-32-43(38-16-6-2-7-17-38)33-46(34-44)56-52-23-13-11-21-48(52)50-36-42(29-31-54(50)56)41-28-30-53-49(35-41)47-20-10-12-22-51(47)55(53)45-18-8-3-9-19-45;1-3-11-33(12-4-1)35-19-25-39(26-20-35)49-45-17-9-7-15-41(45)43-31-37(23-29-47(43)49)38-24-30-48-44(32-38)42-16-8-10-18-46(42)50(48)40-27-21-36(22-28-40)34-13-5-2-6-14-34/h1-36H;1-32H. The Kier molecular flexibility index (Phi) is 15.2. The van der Waals surface area contributed by atoms with Crippen LogP contribution >= 0.6 is 0 Å². The summed E-state index contributed by atoms with van der Waals surface area (Å²) in [5.74, 6) is 0. The molecule has 0 bridgehead atoms. The predicted octanol–water partition coefficient (Wildman–Crippen LogP) is 27.4. The first-order valence-electron chi connectivity index (χ1n) is 36.4. The van der Waals surface area contributed by atoms with E-state index in [1.54, 1.807) is 0 Å². The Morgan fingerprint density at radius 3 is 0.604 bits per heavy atom. The van der Waals surface area contributed by atoms with Gasteiger partial charge in [0, 0.05) is 65.8 Å². The van der Waals surface area contributed by atoms with E-state index in [4.69, 9.17) is 0 Å². The van der Waals surface area contributed by atoms with Gasteiger partial charge in [-0.1, -0.05) is 285 Å². The molecule has 106 heavy (non-hydrogen) atoms. The highest BCUT2D eigenvalue weighted by Crippen LogP contribution is 2.43. The van der Waals surface area contributed by atoms with Gasteiger partial charge in [-0.3, -0.25) is 0 Å². The summed E-state index contributed by atoms with van der Waals surface area (Å²) in [6.07, 6.45) is 0. The molecule has 4 nitrogen and oxygen atoms in total. The van der Waals surface area contributed by atoms with Crippen molar-refractivity contribution < 1.29 is 0 Å². The minimum atomic E-state index is 1.14. The third-order valence-corrected chi connectivity index (χ3v) is 21.4. The lowest BCUT2D eigenvalue weighted by Crippen LogP contribution is -1.96. The number of fused-ring (bicyclic) bond motifs is 12. The van der Waals surface area contributed by atoms with E-state index < -0.39 is 0 Å². The number of rotatable bonds is 11. The van der Waals surface area contributed by atoms with Crippen LogP contribution in [0.1, 0.15) is 0 Å². The van der Waals surface area contributed by atoms with E-state index in [9.17, 15) is 0 Å². The maximum Gasteiger partial charge on any atom is 0.0541 e. The largest absolute Gasteiger partial charge is 0.309 e. The second kappa shape index (κ2) is 26.1. The van der Waals surface area contributed by atoms with Crippen LogP contribution in [0.4, 0.5) is 0 Å². The molecule has 0 fully saturated rings. The summed E-state index contributed by atoms with van der Waals surface area (Å²) in [6, 6.07) is 150. The van der Waals surface area contributed by atoms with Gasteiger partial charge in [-0.25, -0.2) is 0 Å². The molecule has 0 spiro atoms. The zero-order chi connectivity index (χ0) is 70.0. The molecule has 4 heterocycles. The number of para-hydroxylation sites is 5. The Morgan fingerprint density at radius 2 is 0.302 bits per heavy atom. The highest BCUT2D eigenvalue weighted by Gasteiger charge is 2.21. The van der Waals surface area contributed by atoms with Gasteiger partial charge in [0.2, 0.25) is 0 Å². The van der Waals surface area contributed by atoms with Crippen LogP contribution in [0.15, 0.2) is 413 Å². The Morgan fingerprint density at radius 1 is 0.104 bits per heavy atom. The first-order valence-corrected chi connectivity index (χ1v) is 36.4. The minimum Gasteiger partial charge on any atom is -0.309 e. The molecule has 4 heteroatoms. The van der Waals surface area contributed by atoms with Crippen molar-refractivity contribution in [3.8, 4) is 101 Å². The quantitative estimate of drug-likeness (QED) is 0.123. The van der Waals surface area contributed by atoms with Gasteiger partial charge in [0.05, 0.1) is 44.1 Å². The van der Waals surface area contributed by atoms with Crippen LogP contribution in [0.25, 0.3) is 188 Å². The van der Waals surface area contributed by atoms with Crippen molar-refractivity contribution in [3.05, 3.63) is 413 Å². The van der Waals surface area contributed by atoms with E-state index in [0.29, 0.717) is 0 Å². The van der Waals surface area contributed by atoms with Gasteiger partial charge in [-0.15, -0.1) is 0 Å². The number of benzene rings is 17. The fourth-order valence-electron chi connectivity index (χ4n) is 16.4. The summed E-state index contributed by atoms with van der Waals surface area (Å²) >= 11 is 0. The number of hydrogen-bond acceptors (Lipinski definition) is 0. The number of hydrogen-bond donors (Lipinski definition) is 0. The van der Waals surface area contributed by atoms with Crippen molar-refractivity contribution in [2.75, 3.05) is 0 Å². The third kappa shape index (κ3) is 10.9. The van der Waals surface area contributed by atoms with Crippen molar-refractivity contribution in [2.24, 2.45) is 0 Å². The van der Waals surface area contributed by atoms with Crippen molar-refractivity contribution in [1.29, 1.82) is 0 Å². The number of nitrogens with zero attached hydrogens (tertiary/aromatic N) is 4. The maximum atomic E-state index is 2.44. The highest BCUT2D eigenvalue weighted by atomic mass is 15.0. The van der Waals surface area contributed by atoms with Crippen LogP contribution in [0.5, 0.6) is 0 Å².